The van der Waals surface area contributed by atoms with Gasteiger partial charge in [-0.3, -0.25) is 4.79 Å². The predicted molar refractivity (Wildman–Crippen MR) is 50.3 cm³/mol. The first-order valence-electron chi connectivity index (χ1n) is 3.09. The third-order valence-electron chi connectivity index (χ3n) is 0.818. The maximum absolute atomic E-state index is 10.0. The normalized spacial score (nSPS) is 9.42. The summed E-state index contributed by atoms with van der Waals surface area (Å²) in [5, 5.41) is 16.5. The number of rotatable bonds is 7. The maximum atomic E-state index is 10.0. The van der Waals surface area contributed by atoms with Crippen LogP contribution in [0.1, 0.15) is 0 Å². The monoisotopic (exact) mass is 210 g/mol. The van der Waals surface area contributed by atoms with E-state index in [0.29, 0.717) is 11.5 Å². The minimum atomic E-state index is -0.817. The lowest BCUT2D eigenvalue weighted by atomic mass is 10.8. The van der Waals surface area contributed by atoms with Crippen molar-refractivity contribution in [2.45, 2.75) is 0 Å². The lowest BCUT2D eigenvalue weighted by molar-refractivity contribution is -0.191. The van der Waals surface area contributed by atoms with Gasteiger partial charge in [-0.25, -0.2) is 5.26 Å². The number of carbonyl (C=O) groups is 1. The topological polar surface area (TPSA) is 66.8 Å². The van der Waals surface area contributed by atoms with Crippen molar-refractivity contribution in [3.05, 3.63) is 11.7 Å². The van der Waals surface area contributed by atoms with E-state index in [9.17, 15) is 4.79 Å². The van der Waals surface area contributed by atoms with Gasteiger partial charge in [0.15, 0.2) is 5.09 Å². The van der Waals surface area contributed by atoms with E-state index in [0.717, 1.165) is 0 Å². The minimum absolute atomic E-state index is 0.104. The number of hydrogen-bond acceptors (Lipinski definition) is 5. The molecule has 0 aromatic heterocycles. The molecule has 0 aromatic rings. The van der Waals surface area contributed by atoms with Crippen LogP contribution in [-0.4, -0.2) is 33.6 Å². The van der Waals surface area contributed by atoms with E-state index >= 15 is 0 Å². The van der Waals surface area contributed by atoms with E-state index in [1.807, 2.05) is 0 Å². The van der Waals surface area contributed by atoms with Crippen molar-refractivity contribution in [3.63, 3.8) is 0 Å². The first-order chi connectivity index (χ1) is 5.66. The molecule has 0 radical (unpaired) electrons. The Bertz CT molecular complexity index is 160. The van der Waals surface area contributed by atoms with Crippen LogP contribution in [0.25, 0.3) is 0 Å². The highest BCUT2D eigenvalue weighted by atomic mass is 32.2. The van der Waals surface area contributed by atoms with Crippen molar-refractivity contribution < 1.29 is 20.0 Å². The van der Waals surface area contributed by atoms with Crippen LogP contribution in [-0.2, 0) is 9.68 Å². The van der Waals surface area contributed by atoms with Gasteiger partial charge in [0.25, 0.3) is 0 Å². The summed E-state index contributed by atoms with van der Waals surface area (Å²) in [6.45, 7) is 3.37. The molecule has 12 heavy (non-hydrogen) atoms. The Labute approximate surface area is 78.9 Å². The molecule has 0 amide bonds. The number of aliphatic carboxylic acids is 1. The zero-order valence-corrected chi connectivity index (χ0v) is 7.99. The van der Waals surface area contributed by atoms with Gasteiger partial charge in [-0.15, -0.1) is 11.8 Å². The molecule has 70 valence electrons. The van der Waals surface area contributed by atoms with E-state index in [2.05, 4.69) is 11.5 Å². The Morgan fingerprint density at radius 2 is 2.17 bits per heavy atom. The maximum Gasteiger partial charge on any atom is 0.313 e. The lowest BCUT2D eigenvalue weighted by Gasteiger charge is -1.99. The third kappa shape index (κ3) is 7.77. The van der Waals surface area contributed by atoms with Gasteiger partial charge in [-0.05, 0) is 6.58 Å². The molecule has 0 saturated carbocycles. The SMILES string of the molecule is C=C(OO)SCCSCC(=O)O. The number of thioether (sulfide) groups is 2. The van der Waals surface area contributed by atoms with Gasteiger partial charge in [0, 0.05) is 11.5 Å². The van der Waals surface area contributed by atoms with Crippen LogP contribution in [0.3, 0.4) is 0 Å². The zero-order valence-electron chi connectivity index (χ0n) is 6.36. The summed E-state index contributed by atoms with van der Waals surface area (Å²) in [7, 11) is 0. The Balaban J connectivity index is 3.11. The molecule has 0 fully saturated rings. The number of carboxylic acids is 1. The van der Waals surface area contributed by atoms with Crippen molar-refractivity contribution >= 4 is 29.5 Å². The summed E-state index contributed by atoms with van der Waals surface area (Å²) in [5.74, 6) is 0.659. The van der Waals surface area contributed by atoms with E-state index in [-0.39, 0.29) is 10.8 Å². The largest absolute Gasteiger partial charge is 0.481 e. The van der Waals surface area contributed by atoms with Gasteiger partial charge in [0.2, 0.25) is 0 Å². The Morgan fingerprint density at radius 3 is 2.67 bits per heavy atom. The molecule has 0 aliphatic carbocycles. The molecule has 0 atom stereocenters. The van der Waals surface area contributed by atoms with E-state index in [1.54, 1.807) is 0 Å². The fourth-order valence-corrected chi connectivity index (χ4v) is 1.80. The van der Waals surface area contributed by atoms with Crippen LogP contribution >= 0.6 is 23.5 Å². The van der Waals surface area contributed by atoms with Crippen molar-refractivity contribution in [1.29, 1.82) is 0 Å². The fraction of sp³-hybridized carbons (Fsp3) is 0.500. The second-order valence-corrected chi connectivity index (χ2v) is 4.02. The van der Waals surface area contributed by atoms with Gasteiger partial charge in [0.1, 0.15) is 0 Å². The molecule has 0 bridgehead atoms. The van der Waals surface area contributed by atoms with Crippen LogP contribution in [0.15, 0.2) is 11.7 Å². The molecule has 0 heterocycles. The van der Waals surface area contributed by atoms with Crippen LogP contribution in [0.2, 0.25) is 0 Å². The molecule has 4 nitrogen and oxygen atoms in total. The molecule has 0 saturated heterocycles. The predicted octanol–water partition coefficient (Wildman–Crippen LogP) is 1.50. The lowest BCUT2D eigenvalue weighted by Crippen LogP contribution is -1.99. The molecule has 0 rings (SSSR count). The molecule has 0 aliphatic heterocycles. The van der Waals surface area contributed by atoms with Gasteiger partial charge < -0.3 is 9.99 Å². The van der Waals surface area contributed by atoms with Crippen molar-refractivity contribution in [2.75, 3.05) is 17.3 Å². The number of hydrogen-bond donors (Lipinski definition) is 2. The van der Waals surface area contributed by atoms with Gasteiger partial charge >= 0.3 is 5.97 Å². The third-order valence-corrected chi connectivity index (χ3v) is 2.83. The Kier molecular flexibility index (Phi) is 7.12. The Hall–Kier alpha value is -0.330. The molecule has 6 heteroatoms. The van der Waals surface area contributed by atoms with Gasteiger partial charge in [0.05, 0.1) is 5.75 Å². The highest BCUT2D eigenvalue weighted by molar-refractivity contribution is 8.05. The summed E-state index contributed by atoms with van der Waals surface area (Å²) in [6, 6.07) is 0. The van der Waals surface area contributed by atoms with E-state index < -0.39 is 5.97 Å². The highest BCUT2D eigenvalue weighted by Gasteiger charge is 1.98. The first kappa shape index (κ1) is 11.7. The summed E-state index contributed by atoms with van der Waals surface area (Å²) < 4.78 is 0. The molecular weight excluding hydrogens is 200 g/mol. The quantitative estimate of drug-likeness (QED) is 0.287. The average molecular weight is 210 g/mol. The summed E-state index contributed by atoms with van der Waals surface area (Å²) in [4.78, 5) is 13.9. The molecule has 0 aromatic carbocycles. The minimum Gasteiger partial charge on any atom is -0.481 e. The highest BCUT2D eigenvalue weighted by Crippen LogP contribution is 2.15. The fourth-order valence-electron chi connectivity index (χ4n) is 0.400. The summed E-state index contributed by atoms with van der Waals surface area (Å²) in [6.07, 6.45) is 0. The van der Waals surface area contributed by atoms with Crippen LogP contribution in [0.4, 0.5) is 0 Å². The molecular formula is C6H10O4S2. The van der Waals surface area contributed by atoms with Crippen LogP contribution in [0.5, 0.6) is 0 Å². The van der Waals surface area contributed by atoms with Crippen LogP contribution in [0, 0.1) is 0 Å². The van der Waals surface area contributed by atoms with Gasteiger partial charge in [-0.1, -0.05) is 11.8 Å². The van der Waals surface area contributed by atoms with E-state index in [1.165, 1.54) is 23.5 Å². The zero-order chi connectivity index (χ0) is 9.40. The number of carboxylic acid groups (broad SMARTS) is 1. The standard InChI is InChI=1S/C6H10O4S2/c1-5(10-9)12-3-2-11-4-6(7)8/h9H,1-4H2,(H,7,8). The van der Waals surface area contributed by atoms with Gasteiger partial charge in [-0.2, -0.15) is 0 Å². The van der Waals surface area contributed by atoms with Crippen molar-refractivity contribution in [2.24, 2.45) is 0 Å². The second kappa shape index (κ2) is 7.33. The summed E-state index contributed by atoms with van der Waals surface area (Å²) in [5.41, 5.74) is 0. The molecule has 0 spiro atoms. The first-order valence-corrected chi connectivity index (χ1v) is 5.23. The average Bonchev–Trinajstić information content (AvgIpc) is 2.03. The van der Waals surface area contributed by atoms with Crippen LogP contribution < -0.4 is 0 Å². The van der Waals surface area contributed by atoms with E-state index in [4.69, 9.17) is 10.4 Å². The molecule has 0 unspecified atom stereocenters. The second-order valence-electron chi connectivity index (χ2n) is 1.76. The summed E-state index contributed by atoms with van der Waals surface area (Å²) >= 11 is 2.56. The van der Waals surface area contributed by atoms with Crippen molar-refractivity contribution in [3.8, 4) is 0 Å². The van der Waals surface area contributed by atoms with Crippen molar-refractivity contribution in [1.82, 2.24) is 0 Å². The molecule has 0 aliphatic rings. The smallest absolute Gasteiger partial charge is 0.313 e. The Morgan fingerprint density at radius 1 is 1.50 bits per heavy atom. The molecule has 2 N–H and O–H groups in total.